The summed E-state index contributed by atoms with van der Waals surface area (Å²) < 4.78 is 6.20. The zero-order valence-corrected chi connectivity index (χ0v) is 11.0. The zero-order valence-electron chi connectivity index (χ0n) is 11.0. The van der Waals surface area contributed by atoms with Gasteiger partial charge in [0.25, 0.3) is 0 Å². The van der Waals surface area contributed by atoms with Gasteiger partial charge in [-0.2, -0.15) is 5.10 Å². The molecule has 0 aliphatic carbocycles. The molecule has 0 spiro atoms. The second-order valence-corrected chi connectivity index (χ2v) is 4.10. The number of carbonyl (C=O) groups is 1. The smallest absolute Gasteiger partial charge is 0.341 e. The molecule has 0 aromatic carbocycles. The number of hydrogen-bond donors (Lipinski definition) is 3. The van der Waals surface area contributed by atoms with Gasteiger partial charge in [0.1, 0.15) is 11.3 Å². The lowest BCUT2D eigenvalue weighted by Crippen LogP contribution is -2.20. The molecular weight excluding hydrogens is 260 g/mol. The minimum atomic E-state index is -0.694. The predicted molar refractivity (Wildman–Crippen MR) is 72.9 cm³/mol. The topological polar surface area (TPSA) is 100 Å². The van der Waals surface area contributed by atoms with E-state index in [1.54, 1.807) is 30.3 Å². The van der Waals surface area contributed by atoms with Crippen molar-refractivity contribution in [1.29, 1.82) is 5.41 Å². The maximum Gasteiger partial charge on any atom is 0.341 e. The van der Waals surface area contributed by atoms with E-state index in [0.717, 1.165) is 11.8 Å². The molecule has 1 aliphatic rings. The first-order valence-electron chi connectivity index (χ1n) is 5.76. The first kappa shape index (κ1) is 13.6. The van der Waals surface area contributed by atoms with Gasteiger partial charge in [-0.1, -0.05) is 0 Å². The molecule has 0 saturated heterocycles. The molecule has 2 heterocycles. The van der Waals surface area contributed by atoms with E-state index in [4.69, 9.17) is 5.41 Å². The van der Waals surface area contributed by atoms with Gasteiger partial charge in [0.15, 0.2) is 0 Å². The Morgan fingerprint density at radius 2 is 2.35 bits per heavy atom. The Morgan fingerprint density at radius 1 is 1.60 bits per heavy atom. The number of nitrogens with zero attached hydrogens (tertiary/aromatic N) is 2. The van der Waals surface area contributed by atoms with Gasteiger partial charge in [0.2, 0.25) is 0 Å². The zero-order chi connectivity index (χ0) is 14.7. The lowest BCUT2D eigenvalue weighted by atomic mass is 10.0. The normalized spacial score (nSPS) is 16.7. The summed E-state index contributed by atoms with van der Waals surface area (Å²) in [5.74, 6) is -0.837. The average Bonchev–Trinajstić information content (AvgIpc) is 2.87. The number of carbonyl (C=O) groups excluding carboxylic acids is 1. The van der Waals surface area contributed by atoms with E-state index in [1.807, 2.05) is 0 Å². The second-order valence-electron chi connectivity index (χ2n) is 4.10. The minimum Gasteiger partial charge on any atom is -0.506 e. The van der Waals surface area contributed by atoms with Gasteiger partial charge in [-0.25, -0.2) is 4.79 Å². The Balaban J connectivity index is 2.36. The summed E-state index contributed by atoms with van der Waals surface area (Å²) in [6, 6.07) is 0. The third-order valence-electron chi connectivity index (χ3n) is 2.78. The summed E-state index contributed by atoms with van der Waals surface area (Å²) in [7, 11) is 3.01. The van der Waals surface area contributed by atoms with Crippen molar-refractivity contribution in [2.75, 3.05) is 7.11 Å². The third-order valence-corrected chi connectivity index (χ3v) is 2.78. The molecule has 7 nitrogen and oxygen atoms in total. The van der Waals surface area contributed by atoms with Gasteiger partial charge >= 0.3 is 5.97 Å². The van der Waals surface area contributed by atoms with Gasteiger partial charge in [0, 0.05) is 36.8 Å². The molecule has 0 radical (unpaired) electrons. The Bertz CT molecular complexity index is 652. The number of nitrogens with one attached hydrogen (secondary N) is 2. The molecule has 1 aliphatic heterocycles. The van der Waals surface area contributed by atoms with Crippen LogP contribution >= 0.6 is 0 Å². The number of allylic oxidation sites excluding steroid dienone is 2. The average molecular weight is 274 g/mol. The fourth-order valence-electron chi connectivity index (χ4n) is 1.78. The van der Waals surface area contributed by atoms with Gasteiger partial charge in [-0.15, -0.1) is 0 Å². The van der Waals surface area contributed by atoms with Crippen LogP contribution < -0.4 is 5.32 Å². The second kappa shape index (κ2) is 5.43. The molecule has 104 valence electrons. The van der Waals surface area contributed by atoms with E-state index in [-0.39, 0.29) is 17.0 Å². The lowest BCUT2D eigenvalue weighted by molar-refractivity contribution is -0.135. The van der Waals surface area contributed by atoms with Gasteiger partial charge in [0.05, 0.1) is 19.0 Å². The largest absolute Gasteiger partial charge is 0.506 e. The van der Waals surface area contributed by atoms with Crippen molar-refractivity contribution < 1.29 is 14.6 Å². The highest BCUT2D eigenvalue weighted by Crippen LogP contribution is 2.23. The van der Waals surface area contributed by atoms with Crippen LogP contribution in [-0.2, 0) is 16.6 Å². The standard InChI is InChI=1S/C13H14N4O3/c1-17-7-9(6-16-17)8-3-11(18)12(15-5-8)10(4-14)13(19)20-2/h3-7,14-15,18H,1-2H3/b12-10+,14-4?. The monoisotopic (exact) mass is 274 g/mol. The molecule has 0 unspecified atom stereocenters. The Kier molecular flexibility index (Phi) is 3.69. The van der Waals surface area contributed by atoms with Crippen molar-refractivity contribution in [3.63, 3.8) is 0 Å². The van der Waals surface area contributed by atoms with Crippen molar-refractivity contribution in [2.24, 2.45) is 7.05 Å². The maximum absolute atomic E-state index is 11.5. The SMILES string of the molecule is COC(=O)/C(C=N)=C1/NC=C(c2cnn(C)c2)C=C1O. The Morgan fingerprint density at radius 3 is 2.85 bits per heavy atom. The van der Waals surface area contributed by atoms with Crippen LogP contribution in [0.3, 0.4) is 0 Å². The van der Waals surface area contributed by atoms with Crippen molar-refractivity contribution in [2.45, 2.75) is 0 Å². The number of aliphatic hydroxyl groups is 1. The highest BCUT2D eigenvalue weighted by molar-refractivity contribution is 6.10. The van der Waals surface area contributed by atoms with Crippen LogP contribution in [0.1, 0.15) is 5.56 Å². The fraction of sp³-hybridized carbons (Fsp3) is 0.154. The fourth-order valence-corrected chi connectivity index (χ4v) is 1.78. The van der Waals surface area contributed by atoms with Crippen LogP contribution in [-0.4, -0.2) is 34.2 Å². The number of aryl methyl sites for hydroxylation is 1. The van der Waals surface area contributed by atoms with Crippen LogP contribution in [0.4, 0.5) is 0 Å². The highest BCUT2D eigenvalue weighted by Gasteiger charge is 2.20. The number of esters is 1. The number of ether oxygens (including phenoxy) is 1. The van der Waals surface area contributed by atoms with E-state index < -0.39 is 5.97 Å². The van der Waals surface area contributed by atoms with E-state index in [2.05, 4.69) is 15.2 Å². The van der Waals surface area contributed by atoms with Crippen LogP contribution in [0.25, 0.3) is 5.57 Å². The number of dihydropyridines is 1. The molecule has 0 fully saturated rings. The van der Waals surface area contributed by atoms with Gasteiger partial charge in [-0.05, 0) is 6.08 Å². The number of aliphatic hydroxyl groups excluding tert-OH is 1. The summed E-state index contributed by atoms with van der Waals surface area (Å²) in [6.45, 7) is 0. The summed E-state index contributed by atoms with van der Waals surface area (Å²) in [5.41, 5.74) is 1.62. The third kappa shape index (κ3) is 2.46. The van der Waals surface area contributed by atoms with Crippen molar-refractivity contribution in [3.8, 4) is 0 Å². The molecular formula is C13H14N4O3. The van der Waals surface area contributed by atoms with Crippen molar-refractivity contribution in [3.05, 3.63) is 47.3 Å². The van der Waals surface area contributed by atoms with Crippen LogP contribution in [0.15, 0.2) is 41.7 Å². The van der Waals surface area contributed by atoms with E-state index in [9.17, 15) is 9.90 Å². The molecule has 0 atom stereocenters. The first-order chi connectivity index (χ1) is 9.56. The number of hydrogen-bond acceptors (Lipinski definition) is 6. The van der Waals surface area contributed by atoms with E-state index in [1.165, 1.54) is 13.2 Å². The van der Waals surface area contributed by atoms with Crippen LogP contribution in [0, 0.1) is 5.41 Å². The van der Waals surface area contributed by atoms with Crippen LogP contribution in [0.5, 0.6) is 0 Å². The molecule has 0 saturated carbocycles. The van der Waals surface area contributed by atoms with Crippen molar-refractivity contribution in [1.82, 2.24) is 15.1 Å². The van der Waals surface area contributed by atoms with Crippen LogP contribution in [0.2, 0.25) is 0 Å². The number of methoxy groups -OCH3 is 1. The summed E-state index contributed by atoms with van der Waals surface area (Å²) in [6.07, 6.45) is 7.41. The summed E-state index contributed by atoms with van der Waals surface area (Å²) >= 11 is 0. The predicted octanol–water partition coefficient (Wildman–Crippen LogP) is 0.883. The molecule has 0 bridgehead atoms. The highest BCUT2D eigenvalue weighted by atomic mass is 16.5. The number of aromatic nitrogens is 2. The summed E-state index contributed by atoms with van der Waals surface area (Å²) in [5, 5.41) is 24.1. The minimum absolute atomic E-state index is 0.0530. The Labute approximate surface area is 115 Å². The van der Waals surface area contributed by atoms with E-state index in [0.29, 0.717) is 5.57 Å². The van der Waals surface area contributed by atoms with Gasteiger partial charge < -0.3 is 20.6 Å². The van der Waals surface area contributed by atoms with Crippen molar-refractivity contribution >= 4 is 17.8 Å². The quantitative estimate of drug-likeness (QED) is 0.431. The molecule has 20 heavy (non-hydrogen) atoms. The van der Waals surface area contributed by atoms with Gasteiger partial charge in [-0.3, -0.25) is 4.68 Å². The molecule has 0 amide bonds. The maximum atomic E-state index is 11.5. The number of rotatable bonds is 3. The molecule has 1 aromatic heterocycles. The molecule has 1 aromatic rings. The molecule has 7 heteroatoms. The molecule has 3 N–H and O–H groups in total. The lowest BCUT2D eigenvalue weighted by Gasteiger charge is -2.16. The molecule has 2 rings (SSSR count). The van der Waals surface area contributed by atoms with E-state index >= 15 is 0 Å². The first-order valence-corrected chi connectivity index (χ1v) is 5.76. The Hall–Kier alpha value is -2.83. The summed E-state index contributed by atoms with van der Waals surface area (Å²) in [4.78, 5) is 11.5.